The number of ether oxygens (including phenoxy) is 1. The van der Waals surface area contributed by atoms with Crippen molar-refractivity contribution in [3.63, 3.8) is 0 Å². The molecule has 30 heavy (non-hydrogen) atoms. The maximum absolute atomic E-state index is 12.3. The van der Waals surface area contributed by atoms with Gasteiger partial charge in [-0.25, -0.2) is 14.6 Å². The number of hydrogen-bond acceptors (Lipinski definition) is 6. The standard InChI is InChI=1S/C23H27N3O4/c1-13(2)12-26-19-7-6-17(8-15(19)10-20(26)22(27)28)25-21-18(23(29)30-3)9-16(11-24-21)14-4-5-14/h6-7,9-11,13-15H,4-5,8,12H2,1-3H3,(H,24,25)(H,27,28). The lowest BCUT2D eigenvalue weighted by atomic mass is 9.95. The van der Waals surface area contributed by atoms with Crippen LogP contribution in [0.3, 0.4) is 0 Å². The lowest BCUT2D eigenvalue weighted by Crippen LogP contribution is -2.28. The molecule has 0 bridgehead atoms. The molecule has 1 fully saturated rings. The summed E-state index contributed by atoms with van der Waals surface area (Å²) in [4.78, 5) is 30.4. The summed E-state index contributed by atoms with van der Waals surface area (Å²) >= 11 is 0. The Morgan fingerprint density at radius 3 is 2.73 bits per heavy atom. The molecule has 7 heteroatoms. The van der Waals surface area contributed by atoms with Crippen LogP contribution in [0, 0.1) is 11.8 Å². The number of hydrogen-bond donors (Lipinski definition) is 2. The van der Waals surface area contributed by atoms with Gasteiger partial charge in [-0.3, -0.25) is 0 Å². The van der Waals surface area contributed by atoms with Gasteiger partial charge in [-0.2, -0.15) is 0 Å². The molecule has 1 aliphatic heterocycles. The summed E-state index contributed by atoms with van der Waals surface area (Å²) in [6.45, 7) is 4.81. The van der Waals surface area contributed by atoms with E-state index < -0.39 is 11.9 Å². The van der Waals surface area contributed by atoms with Crippen molar-refractivity contribution in [2.45, 2.75) is 39.0 Å². The van der Waals surface area contributed by atoms with Crippen LogP contribution >= 0.6 is 0 Å². The van der Waals surface area contributed by atoms with Gasteiger partial charge in [0.2, 0.25) is 0 Å². The van der Waals surface area contributed by atoms with Crippen molar-refractivity contribution in [1.82, 2.24) is 9.88 Å². The minimum Gasteiger partial charge on any atom is -0.477 e. The van der Waals surface area contributed by atoms with Gasteiger partial charge in [0.1, 0.15) is 17.1 Å². The number of allylic oxidation sites excluding steroid dienone is 4. The minimum absolute atomic E-state index is 0.0188. The van der Waals surface area contributed by atoms with Gasteiger partial charge in [-0.05, 0) is 61.0 Å². The fraction of sp³-hybridized carbons (Fsp3) is 0.435. The van der Waals surface area contributed by atoms with E-state index in [4.69, 9.17) is 4.74 Å². The number of aromatic nitrogens is 1. The van der Waals surface area contributed by atoms with Gasteiger partial charge >= 0.3 is 11.9 Å². The maximum Gasteiger partial charge on any atom is 0.352 e. The van der Waals surface area contributed by atoms with Gasteiger partial charge in [0.25, 0.3) is 0 Å². The zero-order valence-electron chi connectivity index (χ0n) is 17.5. The number of nitrogens with zero attached hydrogens (tertiary/aromatic N) is 2. The quantitative estimate of drug-likeness (QED) is 0.660. The lowest BCUT2D eigenvalue weighted by Gasteiger charge is -2.28. The van der Waals surface area contributed by atoms with Crippen LogP contribution in [0.25, 0.3) is 0 Å². The molecule has 1 aromatic rings. The molecule has 1 unspecified atom stereocenters. The average molecular weight is 409 g/mol. The van der Waals surface area contributed by atoms with Crippen molar-refractivity contribution in [2.24, 2.45) is 11.8 Å². The second kappa shape index (κ2) is 7.97. The third-order valence-corrected chi connectivity index (χ3v) is 5.65. The van der Waals surface area contributed by atoms with Crippen LogP contribution in [0.2, 0.25) is 0 Å². The van der Waals surface area contributed by atoms with E-state index in [2.05, 4.69) is 24.1 Å². The molecule has 7 nitrogen and oxygen atoms in total. The first kappa shape index (κ1) is 20.2. The Morgan fingerprint density at radius 1 is 1.33 bits per heavy atom. The highest BCUT2D eigenvalue weighted by Gasteiger charge is 2.35. The summed E-state index contributed by atoms with van der Waals surface area (Å²) in [6, 6.07) is 1.87. The molecule has 0 amide bonds. The van der Waals surface area contributed by atoms with Gasteiger partial charge in [0, 0.05) is 30.1 Å². The number of aliphatic carboxylic acids is 1. The van der Waals surface area contributed by atoms with Gasteiger partial charge in [-0.1, -0.05) is 13.8 Å². The van der Waals surface area contributed by atoms with E-state index >= 15 is 0 Å². The number of pyridine rings is 1. The van der Waals surface area contributed by atoms with Crippen LogP contribution in [0.5, 0.6) is 0 Å². The van der Waals surface area contributed by atoms with Crippen LogP contribution in [-0.2, 0) is 9.53 Å². The number of carbonyl (C=O) groups is 2. The number of rotatable bonds is 7. The zero-order valence-corrected chi connectivity index (χ0v) is 17.5. The highest BCUT2D eigenvalue weighted by atomic mass is 16.5. The van der Waals surface area contributed by atoms with E-state index in [1.54, 1.807) is 0 Å². The van der Waals surface area contributed by atoms with Crippen LogP contribution < -0.4 is 5.32 Å². The minimum atomic E-state index is -0.911. The third-order valence-electron chi connectivity index (χ3n) is 5.65. The van der Waals surface area contributed by atoms with Crippen molar-refractivity contribution in [1.29, 1.82) is 0 Å². The van der Waals surface area contributed by atoms with Crippen LogP contribution in [0.4, 0.5) is 5.82 Å². The molecule has 0 radical (unpaired) electrons. The first-order valence-electron chi connectivity index (χ1n) is 10.4. The van der Waals surface area contributed by atoms with Crippen LogP contribution in [0.1, 0.15) is 54.9 Å². The van der Waals surface area contributed by atoms with Crippen LogP contribution in [0.15, 0.2) is 47.6 Å². The van der Waals surface area contributed by atoms with E-state index in [9.17, 15) is 14.7 Å². The number of carboxylic acid groups (broad SMARTS) is 1. The van der Waals surface area contributed by atoms with Gasteiger partial charge < -0.3 is 20.1 Å². The van der Waals surface area contributed by atoms with E-state index in [-0.39, 0.29) is 5.92 Å². The Morgan fingerprint density at radius 2 is 2.10 bits per heavy atom. The number of esters is 1. The smallest absolute Gasteiger partial charge is 0.352 e. The molecule has 1 atom stereocenters. The molecule has 158 valence electrons. The Hall–Kier alpha value is -3.09. The first-order valence-corrected chi connectivity index (χ1v) is 10.4. The number of nitrogens with one attached hydrogen (secondary N) is 1. The second-order valence-electron chi connectivity index (χ2n) is 8.51. The van der Waals surface area contributed by atoms with Crippen molar-refractivity contribution in [3.8, 4) is 0 Å². The highest BCUT2D eigenvalue weighted by Crippen LogP contribution is 2.41. The molecule has 1 saturated carbocycles. The topological polar surface area (TPSA) is 91.8 Å². The fourth-order valence-corrected chi connectivity index (χ4v) is 4.06. The van der Waals surface area contributed by atoms with Gasteiger partial charge in [-0.15, -0.1) is 0 Å². The molecule has 4 rings (SSSR count). The van der Waals surface area contributed by atoms with E-state index in [1.165, 1.54) is 7.11 Å². The summed E-state index contributed by atoms with van der Waals surface area (Å²) in [5.41, 5.74) is 3.70. The predicted molar refractivity (Wildman–Crippen MR) is 113 cm³/mol. The predicted octanol–water partition coefficient (Wildman–Crippen LogP) is 3.89. The summed E-state index contributed by atoms with van der Waals surface area (Å²) in [6.07, 6.45) is 10.4. The van der Waals surface area contributed by atoms with Crippen molar-refractivity contribution in [3.05, 3.63) is 58.7 Å². The highest BCUT2D eigenvalue weighted by molar-refractivity contribution is 5.95. The number of methoxy groups -OCH3 is 1. The molecule has 0 saturated heterocycles. The summed E-state index contributed by atoms with van der Waals surface area (Å²) in [7, 11) is 1.37. The van der Waals surface area contributed by atoms with Gasteiger partial charge in [0.15, 0.2) is 0 Å². The number of carboxylic acids is 1. The Kier molecular flexibility index (Phi) is 5.37. The number of carbonyl (C=O) groups excluding carboxylic acids is 1. The van der Waals surface area contributed by atoms with E-state index in [0.29, 0.717) is 41.9 Å². The Balaban J connectivity index is 1.59. The van der Waals surface area contributed by atoms with Crippen molar-refractivity contribution >= 4 is 17.8 Å². The van der Waals surface area contributed by atoms with E-state index in [1.807, 2.05) is 35.4 Å². The SMILES string of the molecule is COC(=O)c1cc(C2CC2)cnc1NC1=CC=C2C(C=C(C(=O)O)N2CC(C)C)C1. The maximum atomic E-state index is 12.3. The molecule has 2 heterocycles. The van der Waals surface area contributed by atoms with Gasteiger partial charge in [0.05, 0.1) is 7.11 Å². The summed E-state index contributed by atoms with van der Waals surface area (Å²) in [5, 5.41) is 12.9. The van der Waals surface area contributed by atoms with E-state index in [0.717, 1.165) is 29.8 Å². The molecular weight excluding hydrogens is 382 g/mol. The molecule has 1 aromatic heterocycles. The summed E-state index contributed by atoms with van der Waals surface area (Å²) < 4.78 is 4.95. The molecule has 0 aromatic carbocycles. The molecule has 2 N–H and O–H groups in total. The largest absolute Gasteiger partial charge is 0.477 e. The third kappa shape index (κ3) is 3.97. The normalized spacial score (nSPS) is 20.3. The molecule has 0 spiro atoms. The second-order valence-corrected chi connectivity index (χ2v) is 8.51. The lowest BCUT2D eigenvalue weighted by molar-refractivity contribution is -0.134. The first-order chi connectivity index (χ1) is 14.4. The average Bonchev–Trinajstić information content (AvgIpc) is 3.50. The summed E-state index contributed by atoms with van der Waals surface area (Å²) in [5.74, 6) is -0.0570. The number of fused-ring (bicyclic) bond motifs is 1. The monoisotopic (exact) mass is 409 g/mol. The number of anilines is 1. The molecular formula is C23H27N3O4. The zero-order chi connectivity index (χ0) is 21.4. The Labute approximate surface area is 176 Å². The molecule has 2 aliphatic carbocycles. The van der Waals surface area contributed by atoms with Crippen LogP contribution in [-0.4, -0.2) is 40.6 Å². The molecule has 3 aliphatic rings. The fourth-order valence-electron chi connectivity index (χ4n) is 4.06. The van der Waals surface area contributed by atoms with Crippen molar-refractivity contribution in [2.75, 3.05) is 19.0 Å². The van der Waals surface area contributed by atoms with Crippen molar-refractivity contribution < 1.29 is 19.4 Å². The Bertz CT molecular complexity index is 973.